The summed E-state index contributed by atoms with van der Waals surface area (Å²) in [6.45, 7) is 5.54. The van der Waals surface area contributed by atoms with Crippen LogP contribution in [0.2, 0.25) is 0 Å². The van der Waals surface area contributed by atoms with Crippen LogP contribution >= 0.6 is 11.6 Å². The van der Waals surface area contributed by atoms with Crippen LogP contribution < -0.4 is 9.64 Å². The van der Waals surface area contributed by atoms with E-state index in [0.717, 1.165) is 18.8 Å². The Balaban J connectivity index is 2.95. The second-order valence-electron chi connectivity index (χ2n) is 3.12. The third kappa shape index (κ3) is 3.23. The molecule has 0 aliphatic rings. The van der Waals surface area contributed by atoms with Crippen LogP contribution in [0.15, 0.2) is 6.07 Å². The Morgan fingerprint density at radius 1 is 1.47 bits per heavy atom. The van der Waals surface area contributed by atoms with Gasteiger partial charge in [-0.05, 0) is 13.8 Å². The number of nitrogens with zero attached hydrogens (tertiary/aromatic N) is 3. The topological polar surface area (TPSA) is 38.2 Å². The Kier molecular flexibility index (Phi) is 4.62. The Morgan fingerprint density at radius 3 is 2.73 bits per heavy atom. The van der Waals surface area contributed by atoms with Crippen molar-refractivity contribution in [3.05, 3.63) is 11.8 Å². The minimum atomic E-state index is 0.563. The van der Waals surface area contributed by atoms with Crippen molar-refractivity contribution < 1.29 is 4.74 Å². The monoisotopic (exact) mass is 229 g/mol. The smallest absolute Gasteiger partial charge is 0.228 e. The van der Waals surface area contributed by atoms with Crippen LogP contribution in [0.5, 0.6) is 5.88 Å². The van der Waals surface area contributed by atoms with E-state index in [1.807, 2.05) is 18.7 Å². The normalized spacial score (nSPS) is 10.1. The predicted octanol–water partition coefficient (Wildman–Crippen LogP) is 1.86. The van der Waals surface area contributed by atoms with E-state index in [1.54, 1.807) is 13.2 Å². The van der Waals surface area contributed by atoms with Gasteiger partial charge in [0.15, 0.2) is 0 Å². The van der Waals surface area contributed by atoms with Gasteiger partial charge in [-0.3, -0.25) is 0 Å². The second-order valence-corrected chi connectivity index (χ2v) is 3.50. The lowest BCUT2D eigenvalue weighted by molar-refractivity contribution is 0.396. The predicted molar refractivity (Wildman–Crippen MR) is 61.9 cm³/mol. The van der Waals surface area contributed by atoms with Crippen molar-refractivity contribution in [1.29, 1.82) is 0 Å². The Labute approximate surface area is 95.2 Å². The number of anilines is 1. The number of hydrogen-bond donors (Lipinski definition) is 0. The van der Waals surface area contributed by atoms with Crippen LogP contribution in [0, 0.1) is 6.92 Å². The fourth-order valence-electron chi connectivity index (χ4n) is 1.27. The standard InChI is InChI=1S/C10H16ClN3O/c1-4-14(6-5-11)10-12-8(2)7-9(13-10)15-3/h7H,4-6H2,1-3H3. The quantitative estimate of drug-likeness (QED) is 0.723. The van der Waals surface area contributed by atoms with Gasteiger partial charge in [0.1, 0.15) is 0 Å². The Bertz CT molecular complexity index is 320. The van der Waals surface area contributed by atoms with Gasteiger partial charge in [-0.15, -0.1) is 11.6 Å². The molecule has 1 aromatic heterocycles. The lowest BCUT2D eigenvalue weighted by Crippen LogP contribution is -2.27. The Morgan fingerprint density at radius 2 is 2.20 bits per heavy atom. The van der Waals surface area contributed by atoms with Crippen molar-refractivity contribution in [3.8, 4) is 5.88 Å². The molecule has 4 nitrogen and oxygen atoms in total. The molecule has 0 N–H and O–H groups in total. The molecule has 0 amide bonds. The molecule has 0 fully saturated rings. The van der Waals surface area contributed by atoms with Gasteiger partial charge in [0.2, 0.25) is 11.8 Å². The SMILES string of the molecule is CCN(CCCl)c1nc(C)cc(OC)n1. The highest BCUT2D eigenvalue weighted by Gasteiger charge is 2.09. The highest BCUT2D eigenvalue weighted by Crippen LogP contribution is 2.14. The molecule has 0 atom stereocenters. The van der Waals surface area contributed by atoms with E-state index >= 15 is 0 Å². The zero-order valence-electron chi connectivity index (χ0n) is 9.33. The van der Waals surface area contributed by atoms with Crippen LogP contribution in [-0.2, 0) is 0 Å². The number of rotatable bonds is 5. The molecule has 15 heavy (non-hydrogen) atoms. The molecule has 0 saturated carbocycles. The number of alkyl halides is 1. The summed E-state index contributed by atoms with van der Waals surface area (Å²) in [5, 5.41) is 0. The molecule has 1 rings (SSSR count). The van der Waals surface area contributed by atoms with Gasteiger partial charge in [-0.1, -0.05) is 0 Å². The molecule has 0 aliphatic heterocycles. The van der Waals surface area contributed by atoms with Gasteiger partial charge in [-0.25, -0.2) is 4.98 Å². The summed E-state index contributed by atoms with van der Waals surface area (Å²) in [5.74, 6) is 1.83. The second kappa shape index (κ2) is 5.75. The van der Waals surface area contributed by atoms with Crippen LogP contribution in [-0.4, -0.2) is 36.0 Å². The maximum absolute atomic E-state index is 5.71. The molecule has 0 aliphatic carbocycles. The number of aromatic nitrogens is 2. The van der Waals surface area contributed by atoms with Gasteiger partial charge in [0.05, 0.1) is 7.11 Å². The lowest BCUT2D eigenvalue weighted by Gasteiger charge is -2.19. The average Bonchev–Trinajstić information content (AvgIpc) is 2.24. The summed E-state index contributed by atoms with van der Waals surface area (Å²) in [6.07, 6.45) is 0. The summed E-state index contributed by atoms with van der Waals surface area (Å²) >= 11 is 5.71. The number of methoxy groups -OCH3 is 1. The Hall–Kier alpha value is -1.03. The fourth-order valence-corrected chi connectivity index (χ4v) is 1.48. The van der Waals surface area contributed by atoms with E-state index in [-0.39, 0.29) is 0 Å². The zero-order chi connectivity index (χ0) is 11.3. The van der Waals surface area contributed by atoms with Gasteiger partial charge in [-0.2, -0.15) is 4.98 Å². The number of hydrogen-bond acceptors (Lipinski definition) is 4. The van der Waals surface area contributed by atoms with Crippen LogP contribution in [0.4, 0.5) is 5.95 Å². The molecule has 0 unspecified atom stereocenters. The van der Waals surface area contributed by atoms with Gasteiger partial charge < -0.3 is 9.64 Å². The fraction of sp³-hybridized carbons (Fsp3) is 0.600. The molecular formula is C10H16ClN3O. The van der Waals surface area contributed by atoms with E-state index in [1.165, 1.54) is 0 Å². The summed E-state index contributed by atoms with van der Waals surface area (Å²) in [5.41, 5.74) is 0.893. The maximum Gasteiger partial charge on any atom is 0.228 e. The zero-order valence-corrected chi connectivity index (χ0v) is 10.1. The molecule has 5 heteroatoms. The van der Waals surface area contributed by atoms with Crippen molar-refractivity contribution in [2.75, 3.05) is 31.0 Å². The maximum atomic E-state index is 5.71. The summed E-state index contributed by atoms with van der Waals surface area (Å²) in [4.78, 5) is 10.6. The number of halogens is 1. The summed E-state index contributed by atoms with van der Waals surface area (Å²) < 4.78 is 5.10. The molecule has 0 saturated heterocycles. The molecule has 0 radical (unpaired) electrons. The lowest BCUT2D eigenvalue weighted by atomic mass is 10.4. The third-order valence-corrected chi connectivity index (χ3v) is 2.22. The van der Waals surface area contributed by atoms with Crippen LogP contribution in [0.3, 0.4) is 0 Å². The minimum absolute atomic E-state index is 0.563. The van der Waals surface area contributed by atoms with Crippen LogP contribution in [0.25, 0.3) is 0 Å². The molecule has 0 spiro atoms. The van der Waals surface area contributed by atoms with Crippen molar-refractivity contribution in [1.82, 2.24) is 9.97 Å². The van der Waals surface area contributed by atoms with Gasteiger partial charge >= 0.3 is 0 Å². The van der Waals surface area contributed by atoms with E-state index in [2.05, 4.69) is 9.97 Å². The van der Waals surface area contributed by atoms with Crippen LogP contribution in [0.1, 0.15) is 12.6 Å². The first-order valence-corrected chi connectivity index (χ1v) is 5.45. The first-order valence-electron chi connectivity index (χ1n) is 4.91. The van der Waals surface area contributed by atoms with Gasteiger partial charge in [0, 0.05) is 30.7 Å². The van der Waals surface area contributed by atoms with Gasteiger partial charge in [0.25, 0.3) is 0 Å². The molecule has 1 aromatic rings. The largest absolute Gasteiger partial charge is 0.481 e. The van der Waals surface area contributed by atoms with E-state index in [0.29, 0.717) is 17.7 Å². The number of ether oxygens (including phenoxy) is 1. The number of aryl methyl sites for hydroxylation is 1. The molecule has 1 heterocycles. The molecular weight excluding hydrogens is 214 g/mol. The summed E-state index contributed by atoms with van der Waals surface area (Å²) in [7, 11) is 1.60. The van der Waals surface area contributed by atoms with Crippen molar-refractivity contribution >= 4 is 17.5 Å². The minimum Gasteiger partial charge on any atom is -0.481 e. The van der Waals surface area contributed by atoms with Crippen molar-refractivity contribution in [3.63, 3.8) is 0 Å². The highest BCUT2D eigenvalue weighted by molar-refractivity contribution is 6.18. The highest BCUT2D eigenvalue weighted by atomic mass is 35.5. The summed E-state index contributed by atoms with van der Waals surface area (Å²) in [6, 6.07) is 1.80. The first kappa shape index (κ1) is 12.0. The van der Waals surface area contributed by atoms with E-state index < -0.39 is 0 Å². The van der Waals surface area contributed by atoms with E-state index in [9.17, 15) is 0 Å². The first-order chi connectivity index (χ1) is 7.21. The third-order valence-electron chi connectivity index (χ3n) is 2.05. The van der Waals surface area contributed by atoms with E-state index in [4.69, 9.17) is 16.3 Å². The van der Waals surface area contributed by atoms with Crippen molar-refractivity contribution in [2.24, 2.45) is 0 Å². The van der Waals surface area contributed by atoms with Crippen molar-refractivity contribution in [2.45, 2.75) is 13.8 Å². The molecule has 0 bridgehead atoms. The molecule has 0 aromatic carbocycles. The average molecular weight is 230 g/mol. The molecule has 84 valence electrons.